The molecule has 0 rings (SSSR count). The molecule has 0 aliphatic carbocycles. The van der Waals surface area contributed by atoms with Crippen LogP contribution in [0.5, 0.6) is 0 Å². The average Bonchev–Trinajstić information content (AvgIpc) is 2.22. The summed E-state index contributed by atoms with van der Waals surface area (Å²) in [6.45, 7) is 6.51. The molecule has 0 spiro atoms. The lowest BCUT2D eigenvalue weighted by molar-refractivity contribution is 0.155. The Bertz CT molecular complexity index is 322. The number of hydrogen-bond acceptors (Lipinski definition) is 4. The largest absolute Gasteiger partial charge is 0.380 e. The van der Waals surface area contributed by atoms with Crippen LogP contribution in [0.1, 0.15) is 13.8 Å². The smallest absolute Gasteiger partial charge is 0.210 e. The number of rotatable bonds is 8. The minimum absolute atomic E-state index is 0. The van der Waals surface area contributed by atoms with Crippen LogP contribution in [0.15, 0.2) is 4.99 Å². The van der Waals surface area contributed by atoms with Gasteiger partial charge in [-0.2, -0.15) is 0 Å². The first kappa shape index (κ1) is 20.2. The second-order valence-electron chi connectivity index (χ2n) is 3.25. The Balaban J connectivity index is 0. The van der Waals surface area contributed by atoms with Gasteiger partial charge in [0, 0.05) is 19.7 Å². The van der Waals surface area contributed by atoms with Gasteiger partial charge >= 0.3 is 0 Å². The first-order valence-corrected chi connectivity index (χ1v) is 7.31. The molecular weight excluding hydrogens is 371 g/mol. The summed E-state index contributed by atoms with van der Waals surface area (Å²) >= 11 is 0. The highest BCUT2D eigenvalue weighted by atomic mass is 127. The Morgan fingerprint density at radius 3 is 2.50 bits per heavy atom. The number of guanidine groups is 1. The van der Waals surface area contributed by atoms with Crippen molar-refractivity contribution >= 4 is 40.0 Å². The summed E-state index contributed by atoms with van der Waals surface area (Å²) in [6.07, 6.45) is 0. The monoisotopic (exact) mass is 394 g/mol. The van der Waals surface area contributed by atoms with Crippen LogP contribution in [0.4, 0.5) is 0 Å². The molecule has 0 atom stereocenters. The first-order chi connectivity index (χ1) is 7.99. The van der Waals surface area contributed by atoms with E-state index in [0.717, 1.165) is 0 Å². The maximum absolute atomic E-state index is 10.7. The summed E-state index contributed by atoms with van der Waals surface area (Å²) in [5, 5.41) is 10.8. The van der Waals surface area contributed by atoms with Crippen molar-refractivity contribution in [1.29, 1.82) is 0 Å². The van der Waals surface area contributed by atoms with Gasteiger partial charge in [0.15, 0.2) is 5.96 Å². The van der Waals surface area contributed by atoms with Crippen molar-refractivity contribution in [2.45, 2.75) is 13.8 Å². The van der Waals surface area contributed by atoms with Gasteiger partial charge in [-0.1, -0.05) is 0 Å². The third kappa shape index (κ3) is 13.9. The number of nitrogens with two attached hydrogens (primary N) is 1. The van der Waals surface area contributed by atoms with Crippen molar-refractivity contribution in [3.8, 4) is 0 Å². The molecule has 0 unspecified atom stereocenters. The van der Waals surface area contributed by atoms with Gasteiger partial charge in [0.25, 0.3) is 0 Å². The average molecular weight is 394 g/mol. The standard InChI is InChI=1S/C9H22N4O3S.HI/c1-3-11-9(12-5-7-16-4-2)13-6-8-17(10,14)15;/h3-8H2,1-2H3,(H2,10,14,15)(H2,11,12,13);1H. The Morgan fingerprint density at radius 1 is 1.33 bits per heavy atom. The fourth-order valence-corrected chi connectivity index (χ4v) is 1.41. The number of hydrogen-bond donors (Lipinski definition) is 3. The van der Waals surface area contributed by atoms with E-state index in [1.165, 1.54) is 0 Å². The first-order valence-electron chi connectivity index (χ1n) is 5.60. The fourth-order valence-electron chi connectivity index (χ4n) is 1.02. The van der Waals surface area contributed by atoms with Crippen molar-refractivity contribution < 1.29 is 13.2 Å². The predicted octanol–water partition coefficient (Wildman–Crippen LogP) is -0.515. The lowest BCUT2D eigenvalue weighted by Crippen LogP contribution is -2.40. The molecule has 0 saturated heterocycles. The van der Waals surface area contributed by atoms with E-state index < -0.39 is 10.0 Å². The van der Waals surface area contributed by atoms with Gasteiger partial charge in [0.2, 0.25) is 10.0 Å². The van der Waals surface area contributed by atoms with Crippen LogP contribution in [0.2, 0.25) is 0 Å². The van der Waals surface area contributed by atoms with Gasteiger partial charge in [0.1, 0.15) is 0 Å². The summed E-state index contributed by atoms with van der Waals surface area (Å²) in [5.74, 6) is 0.443. The molecule has 7 nitrogen and oxygen atoms in total. The Hall–Kier alpha value is -0.130. The lowest BCUT2D eigenvalue weighted by Gasteiger charge is -2.10. The van der Waals surface area contributed by atoms with E-state index in [9.17, 15) is 8.42 Å². The minimum Gasteiger partial charge on any atom is -0.380 e. The molecule has 0 bridgehead atoms. The van der Waals surface area contributed by atoms with Gasteiger partial charge in [-0.25, -0.2) is 13.6 Å². The highest BCUT2D eigenvalue weighted by Gasteiger charge is 2.03. The van der Waals surface area contributed by atoms with Crippen LogP contribution in [0, 0.1) is 0 Å². The van der Waals surface area contributed by atoms with Gasteiger partial charge < -0.3 is 15.4 Å². The molecule has 0 heterocycles. The quantitative estimate of drug-likeness (QED) is 0.223. The molecule has 0 aromatic heterocycles. The van der Waals surface area contributed by atoms with Crippen molar-refractivity contribution in [2.75, 3.05) is 38.6 Å². The molecule has 18 heavy (non-hydrogen) atoms. The second kappa shape index (κ2) is 11.9. The van der Waals surface area contributed by atoms with Gasteiger partial charge in [-0.05, 0) is 13.8 Å². The molecule has 0 aliphatic rings. The van der Waals surface area contributed by atoms with E-state index in [0.29, 0.717) is 32.3 Å². The van der Waals surface area contributed by atoms with Crippen molar-refractivity contribution in [3.05, 3.63) is 0 Å². The number of halogens is 1. The van der Waals surface area contributed by atoms with Crippen LogP contribution >= 0.6 is 24.0 Å². The third-order valence-electron chi connectivity index (χ3n) is 1.73. The number of nitrogens with one attached hydrogen (secondary N) is 2. The number of primary sulfonamides is 1. The molecule has 0 aromatic carbocycles. The van der Waals surface area contributed by atoms with Crippen LogP contribution in [0.3, 0.4) is 0 Å². The molecule has 4 N–H and O–H groups in total. The summed E-state index contributed by atoms with van der Waals surface area (Å²) in [6, 6.07) is 0. The predicted molar refractivity (Wildman–Crippen MR) is 83.9 cm³/mol. The molecule has 0 aromatic rings. The van der Waals surface area contributed by atoms with Crippen LogP contribution < -0.4 is 15.8 Å². The van der Waals surface area contributed by atoms with Gasteiger partial charge in [-0.15, -0.1) is 24.0 Å². The topological polar surface area (TPSA) is 106 Å². The fraction of sp³-hybridized carbons (Fsp3) is 0.889. The SMILES string of the molecule is CCNC(=NCCOCC)NCCS(N)(=O)=O.I. The summed E-state index contributed by atoms with van der Waals surface area (Å²) in [5.41, 5.74) is 0. The lowest BCUT2D eigenvalue weighted by atomic mass is 10.6. The highest BCUT2D eigenvalue weighted by molar-refractivity contribution is 14.0. The Kier molecular flexibility index (Phi) is 13.4. The normalized spacial score (nSPS) is 11.8. The molecule has 110 valence electrons. The van der Waals surface area contributed by atoms with Crippen LogP contribution in [-0.4, -0.2) is 53.0 Å². The second-order valence-corrected chi connectivity index (χ2v) is 4.99. The number of sulfonamides is 1. The summed E-state index contributed by atoms with van der Waals surface area (Å²) < 4.78 is 26.6. The molecule has 0 saturated carbocycles. The van der Waals surface area contributed by atoms with Crippen LogP contribution in [-0.2, 0) is 14.8 Å². The van der Waals surface area contributed by atoms with Crippen molar-refractivity contribution in [3.63, 3.8) is 0 Å². The number of nitrogens with zero attached hydrogens (tertiary/aromatic N) is 1. The maximum atomic E-state index is 10.7. The molecular formula is C9H23IN4O3S. The zero-order valence-electron chi connectivity index (χ0n) is 10.8. The Labute approximate surface area is 126 Å². The zero-order valence-corrected chi connectivity index (χ0v) is 14.0. The molecule has 0 radical (unpaired) electrons. The molecule has 0 amide bonds. The molecule has 0 aliphatic heterocycles. The van der Waals surface area contributed by atoms with Gasteiger partial charge in [-0.3, -0.25) is 4.99 Å². The summed E-state index contributed by atoms with van der Waals surface area (Å²) in [4.78, 5) is 4.20. The molecule has 0 fully saturated rings. The summed E-state index contributed by atoms with van der Waals surface area (Å²) in [7, 11) is -3.43. The van der Waals surface area contributed by atoms with E-state index in [-0.39, 0.29) is 36.3 Å². The van der Waals surface area contributed by atoms with Gasteiger partial charge in [0.05, 0.1) is 18.9 Å². The minimum atomic E-state index is -3.43. The Morgan fingerprint density at radius 2 is 2.00 bits per heavy atom. The van der Waals surface area contributed by atoms with Crippen molar-refractivity contribution in [1.82, 2.24) is 10.6 Å². The molecule has 9 heteroatoms. The highest BCUT2D eigenvalue weighted by Crippen LogP contribution is 1.79. The van der Waals surface area contributed by atoms with E-state index in [1.807, 2.05) is 13.8 Å². The van der Waals surface area contributed by atoms with Crippen molar-refractivity contribution in [2.24, 2.45) is 10.1 Å². The zero-order chi connectivity index (χ0) is 13.1. The van der Waals surface area contributed by atoms with E-state index in [4.69, 9.17) is 9.88 Å². The van der Waals surface area contributed by atoms with E-state index in [1.54, 1.807) is 0 Å². The number of aliphatic imine (C=N–C) groups is 1. The third-order valence-corrected chi connectivity index (χ3v) is 2.51. The maximum Gasteiger partial charge on any atom is 0.210 e. The van der Waals surface area contributed by atoms with Crippen LogP contribution in [0.25, 0.3) is 0 Å². The number of ether oxygens (including phenoxy) is 1. The van der Waals surface area contributed by atoms with E-state index >= 15 is 0 Å². The van der Waals surface area contributed by atoms with E-state index in [2.05, 4.69) is 15.6 Å².